The van der Waals surface area contributed by atoms with Gasteiger partial charge in [0.05, 0.1) is 30.2 Å². The molecule has 7 heteroatoms. The molecule has 6 rings (SSSR count). The predicted molar refractivity (Wildman–Crippen MR) is 138 cm³/mol. The van der Waals surface area contributed by atoms with E-state index in [1.165, 1.54) is 24.8 Å². The van der Waals surface area contributed by atoms with Gasteiger partial charge in [0, 0.05) is 18.3 Å². The van der Waals surface area contributed by atoms with Crippen LogP contribution in [0.2, 0.25) is 0 Å². The lowest BCUT2D eigenvalue weighted by atomic mass is 9.68. The number of amides is 2. The molecule has 3 fully saturated rings. The summed E-state index contributed by atoms with van der Waals surface area (Å²) >= 11 is 0. The second kappa shape index (κ2) is 8.33. The van der Waals surface area contributed by atoms with Crippen LogP contribution in [-0.4, -0.2) is 62.9 Å². The van der Waals surface area contributed by atoms with Gasteiger partial charge < -0.3 is 9.30 Å². The molecule has 3 heterocycles. The number of aromatic nitrogens is 3. The molecule has 0 N–H and O–H groups in total. The number of carbonyl (C=O) groups excluding carboxylic acids is 1. The molecule has 0 atom stereocenters. The first-order chi connectivity index (χ1) is 16.9. The largest absolute Gasteiger partial charge is 0.326 e. The van der Waals surface area contributed by atoms with Gasteiger partial charge in [-0.05, 0) is 71.0 Å². The molecule has 0 bridgehead atoms. The maximum Gasteiger partial charge on any atom is 0.326 e. The van der Waals surface area contributed by atoms with Crippen molar-refractivity contribution in [2.45, 2.75) is 62.9 Å². The van der Waals surface area contributed by atoms with Crippen LogP contribution in [0.15, 0.2) is 48.9 Å². The number of urea groups is 1. The number of fused-ring (bicyclic) bond motifs is 1. The second-order valence-electron chi connectivity index (χ2n) is 11.2. The zero-order valence-electron chi connectivity index (χ0n) is 21.2. The summed E-state index contributed by atoms with van der Waals surface area (Å²) in [5.74, 6) is 1.36. The van der Waals surface area contributed by atoms with E-state index in [-0.39, 0.29) is 17.1 Å². The van der Waals surface area contributed by atoms with Gasteiger partial charge in [-0.3, -0.25) is 9.80 Å². The van der Waals surface area contributed by atoms with E-state index in [1.54, 1.807) is 6.20 Å². The molecule has 7 nitrogen and oxygen atoms in total. The minimum Gasteiger partial charge on any atom is -0.317 e. The number of aryl methyl sites for hydroxylation is 1. The Balaban J connectivity index is 1.32. The number of hydrogen-bond acceptors (Lipinski definition) is 4. The second-order valence-corrected chi connectivity index (χ2v) is 11.2. The average Bonchev–Trinajstić information content (AvgIpc) is 3.33. The molecule has 1 aromatic carbocycles. The monoisotopic (exact) mass is 472 g/mol. The molecule has 3 aliphatic rings. The smallest absolute Gasteiger partial charge is 0.317 e. The highest BCUT2D eigenvalue weighted by Gasteiger charge is 2.55. The molecule has 0 unspecified atom stereocenters. The molecule has 1 spiro atoms. The summed E-state index contributed by atoms with van der Waals surface area (Å²) in [6.07, 6.45) is 13.6. The van der Waals surface area contributed by atoms with E-state index >= 15 is 0 Å². The molecule has 184 valence electrons. The third-order valence-electron chi connectivity index (χ3n) is 9.05. The van der Waals surface area contributed by atoms with E-state index in [9.17, 15) is 4.79 Å². The summed E-state index contributed by atoms with van der Waals surface area (Å²) < 4.78 is 1.99. The van der Waals surface area contributed by atoms with Crippen LogP contribution in [0.4, 0.5) is 10.6 Å². The number of rotatable bonds is 5. The Kier molecular flexibility index (Phi) is 5.36. The fourth-order valence-corrected chi connectivity index (χ4v) is 6.63. The van der Waals surface area contributed by atoms with E-state index in [0.29, 0.717) is 12.5 Å². The first kappa shape index (κ1) is 22.5. The molecular formula is C28H36N6O. The number of nitrogens with zero attached hydrogens (tertiary/aromatic N) is 6. The predicted octanol–water partition coefficient (Wildman–Crippen LogP) is 4.85. The molecule has 35 heavy (non-hydrogen) atoms. The number of hydrogen-bond donors (Lipinski definition) is 0. The zero-order chi connectivity index (χ0) is 24.2. The maximum absolute atomic E-state index is 13.9. The van der Waals surface area contributed by atoms with Gasteiger partial charge in [-0.2, -0.15) is 0 Å². The van der Waals surface area contributed by atoms with Gasteiger partial charge >= 0.3 is 6.03 Å². The zero-order valence-corrected chi connectivity index (χ0v) is 21.2. The third-order valence-corrected chi connectivity index (χ3v) is 9.05. The van der Waals surface area contributed by atoms with Crippen LogP contribution in [0.5, 0.6) is 0 Å². The van der Waals surface area contributed by atoms with Gasteiger partial charge in [-0.15, -0.1) is 0 Å². The normalized spacial score (nSPS) is 27.4. The molecule has 0 radical (unpaired) electrons. The van der Waals surface area contributed by atoms with Crippen LogP contribution in [0.3, 0.4) is 0 Å². The van der Waals surface area contributed by atoms with Crippen LogP contribution in [-0.2, 0) is 5.54 Å². The van der Waals surface area contributed by atoms with Crippen molar-refractivity contribution in [1.29, 1.82) is 0 Å². The van der Waals surface area contributed by atoms with Crippen molar-refractivity contribution in [3.8, 4) is 0 Å². The van der Waals surface area contributed by atoms with E-state index in [4.69, 9.17) is 0 Å². The van der Waals surface area contributed by atoms with Crippen molar-refractivity contribution in [1.82, 2.24) is 24.2 Å². The van der Waals surface area contributed by atoms with E-state index in [0.717, 1.165) is 49.4 Å². The molecular weight excluding hydrogens is 436 g/mol. The molecule has 2 amide bonds. The number of imidazole rings is 1. The van der Waals surface area contributed by atoms with Crippen molar-refractivity contribution in [2.24, 2.45) is 5.92 Å². The third kappa shape index (κ3) is 3.63. The standard InChI is InChI=1S/C28H36N6O/c1-21-17-32-19-25(29-16-24(32)30-21)33-20-27(34(26(33)35)18-22-8-7-9-22)12-14-28(15-13-27,31(2)3)23-10-5-4-6-11-23/h4-6,10-11,16-17,19,22H,7-9,12-15,18,20H2,1-3H3/t27-,28+. The van der Waals surface area contributed by atoms with Crippen molar-refractivity contribution < 1.29 is 4.79 Å². The van der Waals surface area contributed by atoms with Crippen LogP contribution in [0, 0.1) is 12.8 Å². The van der Waals surface area contributed by atoms with Gasteiger partial charge in [-0.1, -0.05) is 36.8 Å². The summed E-state index contributed by atoms with van der Waals surface area (Å²) in [6.45, 7) is 3.57. The van der Waals surface area contributed by atoms with Gasteiger partial charge in [-0.25, -0.2) is 14.8 Å². The summed E-state index contributed by atoms with van der Waals surface area (Å²) in [4.78, 5) is 29.7. The highest BCUT2D eigenvalue weighted by Crippen LogP contribution is 2.50. The van der Waals surface area contributed by atoms with E-state index in [1.807, 2.05) is 28.6 Å². The molecule has 2 aromatic heterocycles. The molecule has 2 saturated carbocycles. The maximum atomic E-state index is 13.9. The van der Waals surface area contributed by atoms with Crippen molar-refractivity contribution in [3.05, 3.63) is 60.2 Å². The number of benzene rings is 1. The van der Waals surface area contributed by atoms with Crippen LogP contribution in [0.1, 0.15) is 56.2 Å². The Labute approximate surface area is 207 Å². The summed E-state index contributed by atoms with van der Waals surface area (Å²) in [5.41, 5.74) is 3.02. The summed E-state index contributed by atoms with van der Waals surface area (Å²) in [6, 6.07) is 11.0. The minimum absolute atomic E-state index is 0.0105. The highest BCUT2D eigenvalue weighted by atomic mass is 16.2. The van der Waals surface area contributed by atoms with E-state index in [2.05, 4.69) is 64.2 Å². The average molecular weight is 473 g/mol. The quantitative estimate of drug-likeness (QED) is 0.533. The lowest BCUT2D eigenvalue weighted by molar-refractivity contribution is 0.0172. The highest BCUT2D eigenvalue weighted by molar-refractivity contribution is 5.94. The fraction of sp³-hybridized carbons (Fsp3) is 0.536. The summed E-state index contributed by atoms with van der Waals surface area (Å²) in [7, 11) is 4.41. The van der Waals surface area contributed by atoms with E-state index < -0.39 is 0 Å². The molecule has 2 aliphatic carbocycles. The Bertz CT molecular complexity index is 1220. The minimum atomic E-state index is -0.136. The lowest BCUT2D eigenvalue weighted by Crippen LogP contribution is -2.56. The van der Waals surface area contributed by atoms with Gasteiger partial charge in [0.15, 0.2) is 11.5 Å². The van der Waals surface area contributed by atoms with Crippen molar-refractivity contribution in [2.75, 3.05) is 32.1 Å². The van der Waals surface area contributed by atoms with Crippen molar-refractivity contribution >= 4 is 17.5 Å². The van der Waals surface area contributed by atoms with Crippen LogP contribution < -0.4 is 4.90 Å². The first-order valence-electron chi connectivity index (χ1n) is 13.0. The number of anilines is 1. The Morgan fingerprint density at radius 1 is 1.06 bits per heavy atom. The van der Waals surface area contributed by atoms with Crippen LogP contribution in [0.25, 0.3) is 5.65 Å². The molecule has 3 aromatic rings. The SMILES string of the molecule is Cc1cn2cc(N3C[C@]4(CC[C@](c5ccccc5)(N(C)C)CC4)N(CC4CCC4)C3=O)ncc2n1. The summed E-state index contributed by atoms with van der Waals surface area (Å²) in [5, 5.41) is 0. The first-order valence-corrected chi connectivity index (χ1v) is 13.0. The number of carbonyl (C=O) groups is 1. The topological polar surface area (TPSA) is 57.0 Å². The van der Waals surface area contributed by atoms with Gasteiger partial charge in [0.2, 0.25) is 0 Å². The molecule has 1 saturated heterocycles. The molecule has 1 aliphatic heterocycles. The lowest BCUT2D eigenvalue weighted by Gasteiger charge is -2.51. The van der Waals surface area contributed by atoms with Gasteiger partial charge in [0.1, 0.15) is 0 Å². The Morgan fingerprint density at radius 3 is 2.46 bits per heavy atom. The van der Waals surface area contributed by atoms with Gasteiger partial charge in [0.25, 0.3) is 0 Å². The fourth-order valence-electron chi connectivity index (χ4n) is 6.63. The Hall–Kier alpha value is -2.93. The van der Waals surface area contributed by atoms with Crippen LogP contribution >= 0.6 is 0 Å². The Morgan fingerprint density at radius 2 is 1.80 bits per heavy atom. The van der Waals surface area contributed by atoms with Crippen molar-refractivity contribution in [3.63, 3.8) is 0 Å².